The van der Waals surface area contributed by atoms with Crippen molar-refractivity contribution in [2.24, 2.45) is 5.92 Å². The molecule has 0 aromatic carbocycles. The van der Waals surface area contributed by atoms with Crippen molar-refractivity contribution in [1.29, 1.82) is 0 Å². The van der Waals surface area contributed by atoms with Gasteiger partial charge in [0.25, 0.3) is 0 Å². The van der Waals surface area contributed by atoms with Gasteiger partial charge in [-0.1, -0.05) is 19.4 Å². The first kappa shape index (κ1) is 10.3. The second-order valence-corrected chi connectivity index (χ2v) is 5.36. The molecule has 0 saturated heterocycles. The average molecular weight is 216 g/mol. The predicted octanol–water partition coefficient (Wildman–Crippen LogP) is 2.50. The van der Waals surface area contributed by atoms with Gasteiger partial charge in [0.05, 0.1) is 0 Å². The van der Waals surface area contributed by atoms with Crippen molar-refractivity contribution in [3.05, 3.63) is 30.1 Å². The van der Waals surface area contributed by atoms with Crippen LogP contribution in [-0.2, 0) is 5.41 Å². The number of aromatic nitrogens is 1. The van der Waals surface area contributed by atoms with E-state index in [-0.39, 0.29) is 0 Å². The Kier molecular flexibility index (Phi) is 2.47. The van der Waals surface area contributed by atoms with Gasteiger partial charge in [0.2, 0.25) is 0 Å². The van der Waals surface area contributed by atoms with Crippen LogP contribution in [0.4, 0.5) is 0 Å². The van der Waals surface area contributed by atoms with E-state index in [0.717, 1.165) is 18.5 Å². The molecule has 3 rings (SSSR count). The Labute approximate surface area is 97.5 Å². The lowest BCUT2D eigenvalue weighted by Crippen LogP contribution is -2.30. The highest BCUT2D eigenvalue weighted by atomic mass is 15.0. The summed E-state index contributed by atoms with van der Waals surface area (Å²) < 4.78 is 0. The van der Waals surface area contributed by atoms with Crippen LogP contribution in [0.5, 0.6) is 0 Å². The fourth-order valence-electron chi connectivity index (χ4n) is 2.86. The van der Waals surface area contributed by atoms with Gasteiger partial charge < -0.3 is 5.32 Å². The summed E-state index contributed by atoms with van der Waals surface area (Å²) in [6.07, 6.45) is 9.31. The van der Waals surface area contributed by atoms with E-state index in [4.69, 9.17) is 0 Å². The van der Waals surface area contributed by atoms with Gasteiger partial charge in [0.1, 0.15) is 0 Å². The van der Waals surface area contributed by atoms with Crippen molar-refractivity contribution in [1.82, 2.24) is 10.3 Å². The zero-order valence-electron chi connectivity index (χ0n) is 9.95. The second kappa shape index (κ2) is 3.85. The van der Waals surface area contributed by atoms with Crippen molar-refractivity contribution in [2.45, 2.75) is 44.1 Å². The predicted molar refractivity (Wildman–Crippen MR) is 65.3 cm³/mol. The minimum atomic E-state index is 0.408. The van der Waals surface area contributed by atoms with E-state index in [9.17, 15) is 0 Å². The van der Waals surface area contributed by atoms with Gasteiger partial charge in [0.15, 0.2) is 0 Å². The smallest absolute Gasteiger partial charge is 0.0306 e. The van der Waals surface area contributed by atoms with Gasteiger partial charge in [-0.25, -0.2) is 0 Å². The molecule has 2 fully saturated rings. The van der Waals surface area contributed by atoms with Crippen molar-refractivity contribution >= 4 is 0 Å². The fraction of sp³-hybridized carbons (Fsp3) is 0.643. The molecule has 2 heteroatoms. The standard InChI is InChI=1S/C14H20N2/c1-2-11-8-14(11,10-16-13-5-6-13)12-4-3-7-15-9-12/h3-4,7,9,11,13,16H,2,5-6,8,10H2,1H3. The Hall–Kier alpha value is -0.890. The molecule has 2 saturated carbocycles. The molecule has 86 valence electrons. The SMILES string of the molecule is CCC1CC1(CNC1CC1)c1cccnc1. The summed E-state index contributed by atoms with van der Waals surface area (Å²) in [6, 6.07) is 5.13. The third kappa shape index (κ3) is 1.75. The Bertz CT molecular complexity index is 358. The number of rotatable bonds is 5. The molecule has 2 atom stereocenters. The molecular formula is C14H20N2. The van der Waals surface area contributed by atoms with Crippen molar-refractivity contribution in [3.8, 4) is 0 Å². The minimum Gasteiger partial charge on any atom is -0.313 e. The normalized spacial score (nSPS) is 32.7. The van der Waals surface area contributed by atoms with Gasteiger partial charge in [0, 0.05) is 30.4 Å². The van der Waals surface area contributed by atoms with Crippen LogP contribution in [0.25, 0.3) is 0 Å². The summed E-state index contributed by atoms with van der Waals surface area (Å²) in [5.74, 6) is 0.864. The highest BCUT2D eigenvalue weighted by molar-refractivity contribution is 5.32. The summed E-state index contributed by atoms with van der Waals surface area (Å²) in [7, 11) is 0. The van der Waals surface area contributed by atoms with Crippen LogP contribution in [0.1, 0.15) is 38.2 Å². The summed E-state index contributed by atoms with van der Waals surface area (Å²) >= 11 is 0. The third-order valence-corrected chi connectivity index (χ3v) is 4.24. The molecule has 0 spiro atoms. The first-order valence-corrected chi connectivity index (χ1v) is 6.49. The van der Waals surface area contributed by atoms with E-state index in [1.165, 1.54) is 31.2 Å². The Morgan fingerprint density at radius 2 is 2.38 bits per heavy atom. The number of nitrogens with zero attached hydrogens (tertiary/aromatic N) is 1. The molecule has 0 aliphatic heterocycles. The summed E-state index contributed by atoms with van der Waals surface area (Å²) in [4.78, 5) is 4.27. The maximum absolute atomic E-state index is 4.27. The first-order valence-electron chi connectivity index (χ1n) is 6.49. The number of hydrogen-bond donors (Lipinski definition) is 1. The lowest BCUT2D eigenvalue weighted by molar-refractivity contribution is 0.520. The molecule has 1 aromatic heterocycles. The van der Waals surface area contributed by atoms with Crippen molar-refractivity contribution < 1.29 is 0 Å². The van der Waals surface area contributed by atoms with Crippen LogP contribution in [0, 0.1) is 5.92 Å². The van der Waals surface area contributed by atoms with Gasteiger partial charge in [-0.15, -0.1) is 0 Å². The van der Waals surface area contributed by atoms with Crippen LogP contribution in [0.2, 0.25) is 0 Å². The number of nitrogens with one attached hydrogen (secondary N) is 1. The Balaban J connectivity index is 1.75. The molecule has 2 aliphatic carbocycles. The summed E-state index contributed by atoms with van der Waals surface area (Å²) in [5, 5.41) is 3.69. The molecule has 2 nitrogen and oxygen atoms in total. The molecular weight excluding hydrogens is 196 g/mol. The number of hydrogen-bond acceptors (Lipinski definition) is 2. The minimum absolute atomic E-state index is 0.408. The first-order chi connectivity index (χ1) is 7.85. The largest absolute Gasteiger partial charge is 0.313 e. The third-order valence-electron chi connectivity index (χ3n) is 4.24. The fourth-order valence-corrected chi connectivity index (χ4v) is 2.86. The average Bonchev–Trinajstić information content (AvgIpc) is 3.23. The lowest BCUT2D eigenvalue weighted by Gasteiger charge is -2.18. The Morgan fingerprint density at radius 3 is 2.94 bits per heavy atom. The summed E-state index contributed by atoms with van der Waals surface area (Å²) in [6.45, 7) is 3.46. The lowest BCUT2D eigenvalue weighted by atomic mass is 9.93. The van der Waals surface area contributed by atoms with E-state index in [1.54, 1.807) is 0 Å². The topological polar surface area (TPSA) is 24.9 Å². The van der Waals surface area contributed by atoms with Gasteiger partial charge in [-0.3, -0.25) is 4.98 Å². The molecule has 0 radical (unpaired) electrons. The second-order valence-electron chi connectivity index (χ2n) is 5.36. The van der Waals surface area contributed by atoms with E-state index in [2.05, 4.69) is 35.6 Å². The highest BCUT2D eigenvalue weighted by Gasteiger charge is 2.54. The molecule has 0 bridgehead atoms. The molecule has 1 aromatic rings. The van der Waals surface area contributed by atoms with Gasteiger partial charge in [-0.05, 0) is 36.8 Å². The van der Waals surface area contributed by atoms with Crippen LogP contribution in [0.3, 0.4) is 0 Å². The van der Waals surface area contributed by atoms with E-state index in [1.807, 2.05) is 6.20 Å². The molecule has 1 heterocycles. The van der Waals surface area contributed by atoms with Crippen molar-refractivity contribution in [3.63, 3.8) is 0 Å². The van der Waals surface area contributed by atoms with Crippen LogP contribution in [0.15, 0.2) is 24.5 Å². The highest BCUT2D eigenvalue weighted by Crippen LogP contribution is 2.55. The molecule has 1 N–H and O–H groups in total. The van der Waals surface area contributed by atoms with Crippen LogP contribution < -0.4 is 5.32 Å². The molecule has 2 unspecified atom stereocenters. The quantitative estimate of drug-likeness (QED) is 0.818. The van der Waals surface area contributed by atoms with Gasteiger partial charge >= 0.3 is 0 Å². The van der Waals surface area contributed by atoms with E-state index < -0.39 is 0 Å². The number of pyridine rings is 1. The molecule has 16 heavy (non-hydrogen) atoms. The van der Waals surface area contributed by atoms with Crippen LogP contribution in [-0.4, -0.2) is 17.6 Å². The van der Waals surface area contributed by atoms with E-state index in [0.29, 0.717) is 5.41 Å². The van der Waals surface area contributed by atoms with Crippen LogP contribution >= 0.6 is 0 Å². The van der Waals surface area contributed by atoms with Gasteiger partial charge in [-0.2, -0.15) is 0 Å². The maximum Gasteiger partial charge on any atom is 0.0306 e. The monoisotopic (exact) mass is 216 g/mol. The Morgan fingerprint density at radius 1 is 1.50 bits per heavy atom. The maximum atomic E-state index is 4.27. The molecule has 2 aliphatic rings. The summed E-state index contributed by atoms with van der Waals surface area (Å²) in [5.41, 5.74) is 1.85. The zero-order chi connectivity index (χ0) is 11.0. The van der Waals surface area contributed by atoms with E-state index >= 15 is 0 Å². The van der Waals surface area contributed by atoms with Crippen molar-refractivity contribution in [2.75, 3.05) is 6.54 Å². The molecule has 0 amide bonds. The zero-order valence-corrected chi connectivity index (χ0v) is 9.95.